The van der Waals surface area contributed by atoms with Crippen LogP contribution in [0.3, 0.4) is 0 Å². The second-order valence-electron chi connectivity index (χ2n) is 8.30. The first-order valence-electron chi connectivity index (χ1n) is 11.9. The highest BCUT2D eigenvalue weighted by Crippen LogP contribution is 2.34. The molecule has 1 N–H and O–H groups in total. The summed E-state index contributed by atoms with van der Waals surface area (Å²) < 4.78 is 10.5. The average Bonchev–Trinajstić information content (AvgIpc) is 3.32. The third-order valence-electron chi connectivity index (χ3n) is 6.07. The van der Waals surface area contributed by atoms with Gasteiger partial charge in [0.1, 0.15) is 6.07 Å². The number of ether oxygens (including phenoxy) is 2. The van der Waals surface area contributed by atoms with Gasteiger partial charge in [-0.25, -0.2) is 0 Å². The molecular weight excluding hydrogens is 416 g/mol. The van der Waals surface area contributed by atoms with E-state index in [9.17, 15) is 10.1 Å². The van der Waals surface area contributed by atoms with Crippen LogP contribution in [0.25, 0.3) is 16.8 Å². The number of carbonyl (C=O) groups is 1. The zero-order chi connectivity index (χ0) is 23.5. The van der Waals surface area contributed by atoms with Crippen molar-refractivity contribution in [2.24, 2.45) is 0 Å². The van der Waals surface area contributed by atoms with Gasteiger partial charge in [0.25, 0.3) is 0 Å². The van der Waals surface area contributed by atoms with E-state index in [4.69, 9.17) is 14.6 Å². The Labute approximate surface area is 196 Å². The van der Waals surface area contributed by atoms with E-state index in [0.29, 0.717) is 38.9 Å². The van der Waals surface area contributed by atoms with Gasteiger partial charge in [0.05, 0.1) is 32.0 Å². The Balaban J connectivity index is 1.66. The number of aliphatic hydroxyl groups excluding tert-OH is 1. The summed E-state index contributed by atoms with van der Waals surface area (Å²) in [5.41, 5.74) is 2.27. The average molecular weight is 451 g/mol. The molecule has 176 valence electrons. The van der Waals surface area contributed by atoms with Gasteiger partial charge in [0.2, 0.25) is 0 Å². The maximum absolute atomic E-state index is 12.6. The summed E-state index contributed by atoms with van der Waals surface area (Å²) in [5, 5.41) is 20.5. The molecule has 6 nitrogen and oxygen atoms in total. The second kappa shape index (κ2) is 13.1. The van der Waals surface area contributed by atoms with Gasteiger partial charge >= 0.3 is 0 Å². The SMILES string of the molecule is CCC1CCCN1c1cccc2ccc(/C=C(\C#N)C(=O)CCCOCCOCCO)cc12. The number of allylic oxidation sites excluding steroid dienone is 1. The van der Waals surface area contributed by atoms with Crippen molar-refractivity contribution >= 4 is 28.3 Å². The first-order valence-corrected chi connectivity index (χ1v) is 11.9. The van der Waals surface area contributed by atoms with Crippen LogP contribution in [0.2, 0.25) is 0 Å². The van der Waals surface area contributed by atoms with Crippen LogP contribution < -0.4 is 4.90 Å². The summed E-state index contributed by atoms with van der Waals surface area (Å²) in [4.78, 5) is 15.1. The molecule has 3 rings (SSSR count). The van der Waals surface area contributed by atoms with Crippen molar-refractivity contribution in [2.45, 2.75) is 45.1 Å². The summed E-state index contributed by atoms with van der Waals surface area (Å²) in [6, 6.07) is 15.1. The number of hydrogen-bond donors (Lipinski definition) is 1. The Hall–Kier alpha value is -2.72. The van der Waals surface area contributed by atoms with E-state index >= 15 is 0 Å². The van der Waals surface area contributed by atoms with Gasteiger partial charge in [-0.2, -0.15) is 5.26 Å². The first kappa shape index (κ1) is 24.9. The topological polar surface area (TPSA) is 82.8 Å². The molecule has 1 atom stereocenters. The maximum Gasteiger partial charge on any atom is 0.173 e. The molecule has 0 radical (unpaired) electrons. The smallest absolute Gasteiger partial charge is 0.173 e. The molecule has 0 spiro atoms. The van der Waals surface area contributed by atoms with E-state index in [1.807, 2.05) is 6.07 Å². The standard InChI is InChI=1S/C27H34N2O4/c1-2-24-7-4-12-29(24)26-8-3-6-22-11-10-21(19-25(22)26)18-23(20-28)27(31)9-5-14-32-16-17-33-15-13-30/h3,6,8,10-11,18-19,24,30H,2,4-5,7,9,12-17H2,1H3/b23-18+. The molecule has 1 aliphatic rings. The van der Waals surface area contributed by atoms with Gasteiger partial charge in [-0.1, -0.05) is 31.2 Å². The van der Waals surface area contributed by atoms with Gasteiger partial charge < -0.3 is 19.5 Å². The molecule has 6 heteroatoms. The number of aliphatic hydroxyl groups is 1. The van der Waals surface area contributed by atoms with Crippen LogP contribution in [-0.2, 0) is 14.3 Å². The van der Waals surface area contributed by atoms with Crippen molar-refractivity contribution in [3.8, 4) is 6.07 Å². The number of nitrogens with zero attached hydrogens (tertiary/aromatic N) is 2. The number of fused-ring (bicyclic) bond motifs is 1. The molecule has 0 aromatic heterocycles. The van der Waals surface area contributed by atoms with Crippen LogP contribution >= 0.6 is 0 Å². The number of Topliss-reactive ketones (excluding diaryl/α,β-unsaturated/α-hetero) is 1. The molecule has 1 aliphatic heterocycles. The lowest BCUT2D eigenvalue weighted by Gasteiger charge is -2.27. The summed E-state index contributed by atoms with van der Waals surface area (Å²) in [5.74, 6) is -0.170. The van der Waals surface area contributed by atoms with Gasteiger partial charge in [-0.05, 0) is 54.8 Å². The van der Waals surface area contributed by atoms with E-state index in [2.05, 4.69) is 48.2 Å². The number of rotatable bonds is 13. The summed E-state index contributed by atoms with van der Waals surface area (Å²) >= 11 is 0. The van der Waals surface area contributed by atoms with E-state index in [-0.39, 0.29) is 24.4 Å². The molecule has 0 saturated carbocycles. The van der Waals surface area contributed by atoms with Crippen molar-refractivity contribution in [3.63, 3.8) is 0 Å². The van der Waals surface area contributed by atoms with Crippen molar-refractivity contribution < 1.29 is 19.4 Å². The van der Waals surface area contributed by atoms with E-state index in [1.165, 1.54) is 18.5 Å². The Morgan fingerprint density at radius 3 is 2.79 bits per heavy atom. The normalized spacial score (nSPS) is 16.3. The predicted octanol–water partition coefficient (Wildman–Crippen LogP) is 4.50. The number of carbonyl (C=O) groups excluding carboxylic acids is 1. The highest BCUT2D eigenvalue weighted by Gasteiger charge is 2.24. The van der Waals surface area contributed by atoms with E-state index in [1.54, 1.807) is 6.08 Å². The number of anilines is 1. The van der Waals surface area contributed by atoms with Crippen LogP contribution in [0.5, 0.6) is 0 Å². The minimum Gasteiger partial charge on any atom is -0.394 e. The highest BCUT2D eigenvalue weighted by atomic mass is 16.5. The Kier molecular flexibility index (Phi) is 9.89. The molecular formula is C27H34N2O4. The lowest BCUT2D eigenvalue weighted by molar-refractivity contribution is -0.115. The molecule has 0 aliphatic carbocycles. The van der Waals surface area contributed by atoms with Crippen LogP contribution in [0.15, 0.2) is 42.0 Å². The van der Waals surface area contributed by atoms with Crippen LogP contribution in [0.1, 0.15) is 44.6 Å². The van der Waals surface area contributed by atoms with Crippen molar-refractivity contribution in [1.82, 2.24) is 0 Å². The van der Waals surface area contributed by atoms with Crippen molar-refractivity contribution in [3.05, 3.63) is 47.5 Å². The third kappa shape index (κ3) is 6.88. The monoisotopic (exact) mass is 450 g/mol. The lowest BCUT2D eigenvalue weighted by Crippen LogP contribution is -2.28. The largest absolute Gasteiger partial charge is 0.394 e. The molecule has 0 bridgehead atoms. The molecule has 1 saturated heterocycles. The summed E-state index contributed by atoms with van der Waals surface area (Å²) in [6.45, 7) is 4.86. The third-order valence-corrected chi connectivity index (χ3v) is 6.07. The lowest BCUT2D eigenvalue weighted by atomic mass is 10.0. The van der Waals surface area contributed by atoms with Crippen LogP contribution in [0, 0.1) is 11.3 Å². The maximum atomic E-state index is 12.6. The van der Waals surface area contributed by atoms with E-state index < -0.39 is 0 Å². The fourth-order valence-electron chi connectivity index (χ4n) is 4.39. The Bertz CT molecular complexity index is 995. The fourth-order valence-corrected chi connectivity index (χ4v) is 4.39. The molecule has 33 heavy (non-hydrogen) atoms. The van der Waals surface area contributed by atoms with E-state index in [0.717, 1.165) is 29.3 Å². The van der Waals surface area contributed by atoms with Gasteiger partial charge in [0, 0.05) is 36.7 Å². The van der Waals surface area contributed by atoms with Gasteiger partial charge in [0.15, 0.2) is 5.78 Å². The minimum atomic E-state index is -0.170. The highest BCUT2D eigenvalue weighted by molar-refractivity contribution is 6.04. The molecule has 1 heterocycles. The number of hydrogen-bond acceptors (Lipinski definition) is 6. The van der Waals surface area contributed by atoms with Gasteiger partial charge in [-0.15, -0.1) is 0 Å². The van der Waals surface area contributed by atoms with Crippen molar-refractivity contribution in [1.29, 1.82) is 5.26 Å². The minimum absolute atomic E-state index is 0.00614. The zero-order valence-electron chi connectivity index (χ0n) is 19.5. The Morgan fingerprint density at radius 1 is 1.21 bits per heavy atom. The number of ketones is 1. The predicted molar refractivity (Wildman–Crippen MR) is 131 cm³/mol. The van der Waals surface area contributed by atoms with Crippen LogP contribution in [-0.4, -0.2) is 56.5 Å². The number of nitriles is 1. The summed E-state index contributed by atoms with van der Waals surface area (Å²) in [6.07, 6.45) is 6.07. The molecule has 1 fully saturated rings. The quantitative estimate of drug-likeness (QED) is 0.275. The van der Waals surface area contributed by atoms with Gasteiger partial charge in [-0.3, -0.25) is 4.79 Å². The second-order valence-corrected chi connectivity index (χ2v) is 8.30. The summed E-state index contributed by atoms with van der Waals surface area (Å²) in [7, 11) is 0. The molecule has 2 aromatic carbocycles. The Morgan fingerprint density at radius 2 is 2.03 bits per heavy atom. The molecule has 2 aromatic rings. The fraction of sp³-hybridized carbons (Fsp3) is 0.481. The number of benzene rings is 2. The zero-order valence-corrected chi connectivity index (χ0v) is 19.5. The molecule has 1 unspecified atom stereocenters. The molecule has 0 amide bonds. The first-order chi connectivity index (χ1) is 16.2. The van der Waals surface area contributed by atoms with Crippen molar-refractivity contribution in [2.75, 3.05) is 44.5 Å². The van der Waals surface area contributed by atoms with Crippen LogP contribution in [0.4, 0.5) is 5.69 Å².